The van der Waals surface area contributed by atoms with E-state index in [1.165, 1.54) is 23.5 Å². The smallest absolute Gasteiger partial charge is 0.126 e. The zero-order chi connectivity index (χ0) is 14.7. The minimum atomic E-state index is -0.610. The van der Waals surface area contributed by atoms with E-state index in [4.69, 9.17) is 23.2 Å². The molecule has 0 spiro atoms. The molecule has 108 valence electrons. The van der Waals surface area contributed by atoms with Crippen LogP contribution in [0.25, 0.3) is 0 Å². The van der Waals surface area contributed by atoms with Gasteiger partial charge in [0.25, 0.3) is 0 Å². The quantitative estimate of drug-likeness (QED) is 0.768. The number of thiophene rings is 1. The standard InChI is InChI=1S/C14H13Cl2F2NS/c1-2-3-19-13(11-7-12(15)20-14(11)16)8-4-9(17)6-10(18)5-8/h4-7,13,19H,2-3H2,1H3. The van der Waals surface area contributed by atoms with Crippen LogP contribution in [0.3, 0.4) is 0 Å². The van der Waals surface area contributed by atoms with Crippen molar-refractivity contribution in [1.82, 2.24) is 5.32 Å². The van der Waals surface area contributed by atoms with E-state index in [0.29, 0.717) is 20.8 Å². The van der Waals surface area contributed by atoms with E-state index in [9.17, 15) is 8.78 Å². The Morgan fingerprint density at radius 3 is 2.30 bits per heavy atom. The van der Waals surface area contributed by atoms with Gasteiger partial charge >= 0.3 is 0 Å². The Morgan fingerprint density at radius 1 is 1.15 bits per heavy atom. The summed E-state index contributed by atoms with van der Waals surface area (Å²) in [4.78, 5) is 0. The summed E-state index contributed by atoms with van der Waals surface area (Å²) in [6.07, 6.45) is 0.893. The Hall–Kier alpha value is -0.680. The number of rotatable bonds is 5. The topological polar surface area (TPSA) is 12.0 Å². The van der Waals surface area contributed by atoms with Crippen molar-refractivity contribution < 1.29 is 8.78 Å². The van der Waals surface area contributed by atoms with E-state index in [1.54, 1.807) is 6.07 Å². The van der Waals surface area contributed by atoms with Crippen molar-refractivity contribution in [1.29, 1.82) is 0 Å². The fraction of sp³-hybridized carbons (Fsp3) is 0.286. The van der Waals surface area contributed by atoms with Crippen molar-refractivity contribution >= 4 is 34.5 Å². The van der Waals surface area contributed by atoms with Crippen molar-refractivity contribution in [2.75, 3.05) is 6.54 Å². The van der Waals surface area contributed by atoms with Crippen LogP contribution in [0.5, 0.6) is 0 Å². The second-order valence-electron chi connectivity index (χ2n) is 4.37. The first-order valence-corrected chi connectivity index (χ1v) is 7.72. The van der Waals surface area contributed by atoms with Gasteiger partial charge in [-0.25, -0.2) is 8.78 Å². The second kappa shape index (κ2) is 6.85. The molecule has 0 saturated heterocycles. The summed E-state index contributed by atoms with van der Waals surface area (Å²) < 4.78 is 27.9. The highest BCUT2D eigenvalue weighted by atomic mass is 35.5. The van der Waals surface area contributed by atoms with Gasteiger partial charge in [0.1, 0.15) is 11.6 Å². The maximum Gasteiger partial charge on any atom is 0.126 e. The summed E-state index contributed by atoms with van der Waals surface area (Å²) in [7, 11) is 0. The predicted molar refractivity (Wildman–Crippen MR) is 80.8 cm³/mol. The van der Waals surface area contributed by atoms with Crippen LogP contribution in [0.2, 0.25) is 8.67 Å². The molecule has 0 saturated carbocycles. The molecule has 1 aromatic carbocycles. The van der Waals surface area contributed by atoms with E-state index in [0.717, 1.165) is 18.1 Å². The van der Waals surface area contributed by atoms with E-state index < -0.39 is 11.6 Å². The normalized spacial score (nSPS) is 12.7. The van der Waals surface area contributed by atoms with Gasteiger partial charge in [-0.2, -0.15) is 0 Å². The zero-order valence-electron chi connectivity index (χ0n) is 10.7. The average molecular weight is 336 g/mol. The summed E-state index contributed by atoms with van der Waals surface area (Å²) in [5.41, 5.74) is 1.23. The van der Waals surface area contributed by atoms with Crippen LogP contribution in [0.15, 0.2) is 24.3 Å². The molecule has 2 aromatic rings. The van der Waals surface area contributed by atoms with Crippen molar-refractivity contribution in [2.45, 2.75) is 19.4 Å². The molecule has 1 atom stereocenters. The number of halogens is 4. The molecule has 2 rings (SSSR count). The molecule has 0 bridgehead atoms. The predicted octanol–water partition coefficient (Wildman–Crippen LogP) is 5.42. The summed E-state index contributed by atoms with van der Waals surface area (Å²) in [5, 5.41) is 3.24. The molecule has 0 aliphatic carbocycles. The van der Waals surface area contributed by atoms with Gasteiger partial charge in [-0.1, -0.05) is 30.1 Å². The lowest BCUT2D eigenvalue weighted by molar-refractivity contribution is 0.559. The fourth-order valence-electron chi connectivity index (χ4n) is 1.99. The average Bonchev–Trinajstić information content (AvgIpc) is 2.68. The van der Waals surface area contributed by atoms with Crippen molar-refractivity contribution in [3.05, 3.63) is 55.7 Å². The first kappa shape index (κ1) is 15.7. The highest BCUT2D eigenvalue weighted by Gasteiger charge is 2.20. The third-order valence-corrected chi connectivity index (χ3v) is 4.33. The van der Waals surface area contributed by atoms with Gasteiger partial charge in [-0.3, -0.25) is 0 Å². The van der Waals surface area contributed by atoms with Crippen LogP contribution < -0.4 is 5.32 Å². The molecule has 0 radical (unpaired) electrons. The Morgan fingerprint density at radius 2 is 1.80 bits per heavy atom. The van der Waals surface area contributed by atoms with Crippen molar-refractivity contribution in [2.24, 2.45) is 0 Å². The molecule has 1 unspecified atom stereocenters. The monoisotopic (exact) mass is 335 g/mol. The van der Waals surface area contributed by atoms with Gasteiger partial charge in [0.15, 0.2) is 0 Å². The summed E-state index contributed by atoms with van der Waals surface area (Å²) in [6, 6.07) is 4.81. The molecule has 0 aliphatic heterocycles. The maximum atomic E-state index is 13.4. The van der Waals surface area contributed by atoms with Crippen LogP contribution in [-0.2, 0) is 0 Å². The Balaban J connectivity index is 2.43. The fourth-order valence-corrected chi connectivity index (χ4v) is 3.52. The molecular formula is C14H13Cl2F2NS. The zero-order valence-corrected chi connectivity index (χ0v) is 13.0. The number of hydrogen-bond donors (Lipinski definition) is 1. The lowest BCUT2D eigenvalue weighted by Gasteiger charge is -2.19. The highest BCUT2D eigenvalue weighted by molar-refractivity contribution is 7.20. The maximum absolute atomic E-state index is 13.4. The Kier molecular flexibility index (Phi) is 5.38. The Labute approximate surface area is 130 Å². The third-order valence-electron chi connectivity index (χ3n) is 2.81. The molecule has 0 amide bonds. The molecule has 1 heterocycles. The lowest BCUT2D eigenvalue weighted by Crippen LogP contribution is -2.23. The van der Waals surface area contributed by atoms with Crippen LogP contribution in [0, 0.1) is 11.6 Å². The molecule has 6 heteroatoms. The molecule has 20 heavy (non-hydrogen) atoms. The van der Waals surface area contributed by atoms with Gasteiger partial charge in [-0.05, 0) is 36.7 Å². The van der Waals surface area contributed by atoms with E-state index in [2.05, 4.69) is 5.32 Å². The SMILES string of the molecule is CCCNC(c1cc(F)cc(F)c1)c1cc(Cl)sc1Cl. The summed E-state index contributed by atoms with van der Waals surface area (Å²) >= 11 is 13.3. The van der Waals surface area contributed by atoms with Crippen LogP contribution in [-0.4, -0.2) is 6.54 Å². The van der Waals surface area contributed by atoms with Crippen LogP contribution in [0.1, 0.15) is 30.5 Å². The third kappa shape index (κ3) is 3.70. The van der Waals surface area contributed by atoms with Gasteiger partial charge < -0.3 is 5.32 Å². The van der Waals surface area contributed by atoms with Gasteiger partial charge in [0.05, 0.1) is 14.7 Å². The van der Waals surface area contributed by atoms with E-state index >= 15 is 0 Å². The largest absolute Gasteiger partial charge is 0.306 e. The number of hydrogen-bond acceptors (Lipinski definition) is 2. The lowest BCUT2D eigenvalue weighted by atomic mass is 10.0. The summed E-state index contributed by atoms with van der Waals surface area (Å²) in [6.45, 7) is 2.71. The van der Waals surface area contributed by atoms with Gasteiger partial charge in [0, 0.05) is 11.6 Å². The number of benzene rings is 1. The van der Waals surface area contributed by atoms with Crippen LogP contribution >= 0.6 is 34.5 Å². The van der Waals surface area contributed by atoms with Crippen LogP contribution in [0.4, 0.5) is 8.78 Å². The molecule has 1 N–H and O–H groups in total. The highest BCUT2D eigenvalue weighted by Crippen LogP contribution is 2.37. The van der Waals surface area contributed by atoms with E-state index in [1.807, 2.05) is 6.92 Å². The van der Waals surface area contributed by atoms with Gasteiger partial charge in [0.2, 0.25) is 0 Å². The number of nitrogens with one attached hydrogen (secondary N) is 1. The molecular weight excluding hydrogens is 323 g/mol. The first-order chi connectivity index (χ1) is 9.51. The molecule has 1 aromatic heterocycles. The summed E-state index contributed by atoms with van der Waals surface area (Å²) in [5.74, 6) is -1.22. The molecule has 0 fully saturated rings. The van der Waals surface area contributed by atoms with Crippen molar-refractivity contribution in [3.8, 4) is 0 Å². The molecule has 0 aliphatic rings. The first-order valence-electron chi connectivity index (χ1n) is 6.15. The Bertz CT molecular complexity index is 581. The minimum Gasteiger partial charge on any atom is -0.306 e. The van der Waals surface area contributed by atoms with Crippen molar-refractivity contribution in [3.63, 3.8) is 0 Å². The van der Waals surface area contributed by atoms with Gasteiger partial charge in [-0.15, -0.1) is 11.3 Å². The van der Waals surface area contributed by atoms with E-state index in [-0.39, 0.29) is 6.04 Å². The minimum absolute atomic E-state index is 0.378. The molecule has 1 nitrogen and oxygen atoms in total. The second-order valence-corrected chi connectivity index (χ2v) is 6.66.